The van der Waals surface area contributed by atoms with Gasteiger partial charge in [-0.25, -0.2) is 4.98 Å². The molecule has 1 amide bonds. The molecule has 0 bridgehead atoms. The van der Waals surface area contributed by atoms with Crippen molar-refractivity contribution in [3.8, 4) is 5.75 Å². The Balaban J connectivity index is 1.28. The lowest BCUT2D eigenvalue weighted by molar-refractivity contribution is 0.0679. The van der Waals surface area contributed by atoms with E-state index in [0.29, 0.717) is 18.7 Å². The number of carbonyl (C=O) groups is 1. The molecule has 1 unspecified atom stereocenters. The normalized spacial score (nSPS) is 19.2. The first-order chi connectivity index (χ1) is 14.3. The quantitative estimate of drug-likeness (QED) is 0.774. The number of aromatic nitrogens is 1. The monoisotopic (exact) mass is 397 g/mol. The summed E-state index contributed by atoms with van der Waals surface area (Å²) in [6.07, 6.45) is 4.11. The van der Waals surface area contributed by atoms with Crippen molar-refractivity contribution in [2.45, 2.75) is 25.5 Å². The van der Waals surface area contributed by atoms with Gasteiger partial charge in [0.1, 0.15) is 18.2 Å². The Labute approximate surface area is 171 Å². The van der Waals surface area contributed by atoms with Crippen molar-refractivity contribution < 1.29 is 19.0 Å². The summed E-state index contributed by atoms with van der Waals surface area (Å²) in [5.41, 5.74) is 1.63. The maximum Gasteiger partial charge on any atom is 0.251 e. The number of ether oxygens (including phenoxy) is 3. The Bertz CT molecular complexity index is 800. The third kappa shape index (κ3) is 5.46. The number of nitrogens with zero attached hydrogens (tertiary/aromatic N) is 2. The zero-order valence-corrected chi connectivity index (χ0v) is 16.5. The number of rotatable bonds is 7. The molecule has 4 rings (SSSR count). The molecule has 0 saturated carbocycles. The fourth-order valence-electron chi connectivity index (χ4n) is 3.49. The van der Waals surface area contributed by atoms with Crippen molar-refractivity contribution >= 4 is 11.7 Å². The molecule has 1 aromatic heterocycles. The molecule has 0 spiro atoms. The molecule has 2 aliphatic heterocycles. The number of hydrogen-bond acceptors (Lipinski definition) is 6. The van der Waals surface area contributed by atoms with Crippen LogP contribution in [0, 0.1) is 0 Å². The summed E-state index contributed by atoms with van der Waals surface area (Å²) in [6.45, 7) is 4.94. The maximum atomic E-state index is 12.5. The lowest BCUT2D eigenvalue weighted by atomic mass is 10.2. The van der Waals surface area contributed by atoms with E-state index in [4.69, 9.17) is 14.2 Å². The average molecular weight is 397 g/mol. The molecule has 2 aliphatic rings. The van der Waals surface area contributed by atoms with Crippen molar-refractivity contribution in [2.75, 3.05) is 44.4 Å². The van der Waals surface area contributed by atoms with E-state index in [-0.39, 0.29) is 12.0 Å². The molecular formula is C22H27N3O4. The second-order valence-corrected chi connectivity index (χ2v) is 7.27. The average Bonchev–Trinajstić information content (AvgIpc) is 3.31. The molecule has 0 radical (unpaired) electrons. The first kappa shape index (κ1) is 19.7. The Morgan fingerprint density at radius 2 is 2.00 bits per heavy atom. The van der Waals surface area contributed by atoms with Gasteiger partial charge in [0.15, 0.2) is 0 Å². The molecule has 1 aromatic carbocycles. The standard InChI is InChI=1S/C22H27N3O4/c26-22(18-3-5-19(6-4-18)29-16-20-2-1-11-28-20)24-15-17-7-8-23-21(14-17)25-9-12-27-13-10-25/h3-8,14,20H,1-2,9-13,15-16H2,(H,24,26). The first-order valence-corrected chi connectivity index (χ1v) is 10.2. The minimum Gasteiger partial charge on any atom is -0.491 e. The molecule has 2 fully saturated rings. The fourth-order valence-corrected chi connectivity index (χ4v) is 3.49. The summed E-state index contributed by atoms with van der Waals surface area (Å²) >= 11 is 0. The molecular weight excluding hydrogens is 370 g/mol. The fraction of sp³-hybridized carbons (Fsp3) is 0.455. The zero-order valence-electron chi connectivity index (χ0n) is 16.5. The van der Waals surface area contributed by atoms with Gasteiger partial charge in [-0.1, -0.05) is 0 Å². The SMILES string of the molecule is O=C(NCc1ccnc(N2CCOCC2)c1)c1ccc(OCC2CCCO2)cc1. The molecule has 2 aromatic rings. The van der Waals surface area contributed by atoms with Gasteiger partial charge in [-0.2, -0.15) is 0 Å². The third-order valence-corrected chi connectivity index (χ3v) is 5.17. The van der Waals surface area contributed by atoms with Gasteiger partial charge in [0, 0.05) is 38.0 Å². The highest BCUT2D eigenvalue weighted by molar-refractivity contribution is 5.94. The van der Waals surface area contributed by atoms with Gasteiger partial charge in [0.2, 0.25) is 0 Å². The van der Waals surface area contributed by atoms with Crippen molar-refractivity contribution in [3.63, 3.8) is 0 Å². The van der Waals surface area contributed by atoms with Crippen LogP contribution < -0.4 is 15.0 Å². The Morgan fingerprint density at radius 3 is 2.76 bits per heavy atom. The van der Waals surface area contributed by atoms with E-state index in [1.54, 1.807) is 18.3 Å². The van der Waals surface area contributed by atoms with Crippen LogP contribution in [0.4, 0.5) is 5.82 Å². The summed E-state index contributed by atoms with van der Waals surface area (Å²) in [5.74, 6) is 1.56. The predicted molar refractivity (Wildman–Crippen MR) is 109 cm³/mol. The van der Waals surface area contributed by atoms with E-state index in [0.717, 1.165) is 62.9 Å². The molecule has 7 nitrogen and oxygen atoms in total. The minimum absolute atomic E-state index is 0.111. The minimum atomic E-state index is -0.111. The Kier molecular flexibility index (Phi) is 6.59. The van der Waals surface area contributed by atoms with Gasteiger partial charge in [-0.15, -0.1) is 0 Å². The highest BCUT2D eigenvalue weighted by atomic mass is 16.5. The molecule has 1 atom stereocenters. The van der Waals surface area contributed by atoms with Crippen LogP contribution >= 0.6 is 0 Å². The molecule has 29 heavy (non-hydrogen) atoms. The van der Waals surface area contributed by atoms with Gasteiger partial charge in [0.25, 0.3) is 5.91 Å². The van der Waals surface area contributed by atoms with E-state index < -0.39 is 0 Å². The largest absolute Gasteiger partial charge is 0.491 e. The van der Waals surface area contributed by atoms with Crippen molar-refractivity contribution in [1.82, 2.24) is 10.3 Å². The van der Waals surface area contributed by atoms with Gasteiger partial charge < -0.3 is 24.4 Å². The van der Waals surface area contributed by atoms with Crippen LogP contribution in [-0.2, 0) is 16.0 Å². The van der Waals surface area contributed by atoms with Crippen LogP contribution in [0.3, 0.4) is 0 Å². The summed E-state index contributed by atoms with van der Waals surface area (Å²) in [4.78, 5) is 19.1. The van der Waals surface area contributed by atoms with Crippen LogP contribution in [0.5, 0.6) is 5.75 Å². The van der Waals surface area contributed by atoms with E-state index in [9.17, 15) is 4.79 Å². The number of anilines is 1. The van der Waals surface area contributed by atoms with Crippen molar-refractivity contribution in [1.29, 1.82) is 0 Å². The summed E-state index contributed by atoms with van der Waals surface area (Å²) < 4.78 is 16.7. The number of pyridine rings is 1. The molecule has 2 saturated heterocycles. The summed E-state index contributed by atoms with van der Waals surface area (Å²) in [5, 5.41) is 2.97. The molecule has 7 heteroatoms. The van der Waals surface area contributed by atoms with Crippen molar-refractivity contribution in [3.05, 3.63) is 53.7 Å². The van der Waals surface area contributed by atoms with Gasteiger partial charge in [0.05, 0.1) is 19.3 Å². The smallest absolute Gasteiger partial charge is 0.251 e. The molecule has 154 valence electrons. The van der Waals surface area contributed by atoms with Crippen LogP contribution in [0.15, 0.2) is 42.6 Å². The van der Waals surface area contributed by atoms with Crippen LogP contribution in [0.25, 0.3) is 0 Å². The molecule has 1 N–H and O–H groups in total. The predicted octanol–water partition coefficient (Wildman–Crippen LogP) is 2.41. The highest BCUT2D eigenvalue weighted by Gasteiger charge is 2.16. The zero-order chi connectivity index (χ0) is 19.9. The van der Waals surface area contributed by atoms with Crippen LogP contribution in [0.1, 0.15) is 28.8 Å². The summed E-state index contributed by atoms with van der Waals surface area (Å²) in [7, 11) is 0. The van der Waals surface area contributed by atoms with Gasteiger partial charge in [-0.05, 0) is 54.8 Å². The number of amides is 1. The number of hydrogen-bond donors (Lipinski definition) is 1. The Hall–Kier alpha value is -2.64. The topological polar surface area (TPSA) is 72.9 Å². The lowest BCUT2D eigenvalue weighted by Gasteiger charge is -2.28. The second-order valence-electron chi connectivity index (χ2n) is 7.27. The summed E-state index contributed by atoms with van der Waals surface area (Å²) in [6, 6.07) is 11.2. The maximum absolute atomic E-state index is 12.5. The van der Waals surface area contributed by atoms with Crippen LogP contribution in [-0.4, -0.2) is 56.5 Å². The molecule has 3 heterocycles. The Morgan fingerprint density at radius 1 is 1.17 bits per heavy atom. The number of morpholine rings is 1. The highest BCUT2D eigenvalue weighted by Crippen LogP contribution is 2.17. The van der Waals surface area contributed by atoms with Gasteiger partial charge in [-0.3, -0.25) is 4.79 Å². The first-order valence-electron chi connectivity index (χ1n) is 10.2. The van der Waals surface area contributed by atoms with E-state index >= 15 is 0 Å². The van der Waals surface area contributed by atoms with Gasteiger partial charge >= 0.3 is 0 Å². The third-order valence-electron chi connectivity index (χ3n) is 5.17. The number of benzene rings is 1. The number of nitrogens with one attached hydrogen (secondary N) is 1. The molecule has 0 aliphatic carbocycles. The second kappa shape index (κ2) is 9.71. The lowest BCUT2D eigenvalue weighted by Crippen LogP contribution is -2.36. The van der Waals surface area contributed by atoms with E-state index in [2.05, 4.69) is 15.2 Å². The van der Waals surface area contributed by atoms with Crippen LogP contribution in [0.2, 0.25) is 0 Å². The van der Waals surface area contributed by atoms with Crippen molar-refractivity contribution in [2.24, 2.45) is 0 Å². The van der Waals surface area contributed by atoms with E-state index in [1.165, 1.54) is 0 Å². The van der Waals surface area contributed by atoms with E-state index in [1.807, 2.05) is 24.3 Å². The number of carbonyl (C=O) groups excluding carboxylic acids is 1.